The van der Waals surface area contributed by atoms with Crippen molar-refractivity contribution in [1.82, 2.24) is 5.32 Å². The van der Waals surface area contributed by atoms with Gasteiger partial charge >= 0.3 is 0 Å². The minimum Gasteiger partial charge on any atom is -0.370 e. The van der Waals surface area contributed by atoms with Gasteiger partial charge in [0.2, 0.25) is 0 Å². The Hall–Kier alpha value is -0.655. The molecule has 1 aliphatic heterocycles. The van der Waals surface area contributed by atoms with Crippen LogP contribution in [0.3, 0.4) is 0 Å². The molecule has 0 bridgehead atoms. The van der Waals surface area contributed by atoms with Crippen LogP contribution in [0, 0.1) is 0 Å². The summed E-state index contributed by atoms with van der Waals surface area (Å²) in [5.74, 6) is 1.98. The van der Waals surface area contributed by atoms with Gasteiger partial charge in [0.15, 0.2) is 7.28 Å². The Labute approximate surface area is 44.4 Å². The lowest BCUT2D eigenvalue weighted by Gasteiger charge is -1.99. The average Bonchev–Trinajstić information content (AvgIpc) is 1.69. The van der Waals surface area contributed by atoms with Crippen LogP contribution in [0.5, 0.6) is 0 Å². The number of hydrogen-bond acceptors (Lipinski definition) is 1. The van der Waals surface area contributed by atoms with Gasteiger partial charge in [-0.15, -0.1) is 5.98 Å². The molecule has 1 heterocycles. The Balaban J connectivity index is 2.50. The molecule has 0 aliphatic carbocycles. The molecule has 0 saturated heterocycles. The van der Waals surface area contributed by atoms with Crippen molar-refractivity contribution in [1.29, 1.82) is 0 Å². The zero-order chi connectivity index (χ0) is 5.11. The summed E-state index contributed by atoms with van der Waals surface area (Å²) < 4.78 is 0. The van der Waals surface area contributed by atoms with E-state index in [9.17, 15) is 0 Å². The maximum Gasteiger partial charge on any atom is 0.179 e. The Morgan fingerprint density at radius 2 is 2.57 bits per heavy atom. The molecular formula is C5H7BN. The summed E-state index contributed by atoms with van der Waals surface area (Å²) in [5.41, 5.74) is 1.27. The van der Waals surface area contributed by atoms with E-state index in [4.69, 9.17) is 0 Å². The molecule has 0 aromatic rings. The second-order valence-electron chi connectivity index (χ2n) is 1.58. The van der Waals surface area contributed by atoms with E-state index in [0.29, 0.717) is 0 Å². The number of allylic oxidation sites excluding steroid dienone is 1. The van der Waals surface area contributed by atoms with E-state index in [1.807, 2.05) is 18.4 Å². The standard InChI is InChI=1S/C5H7BN/c1-5-4-7-3-2-6-5/h2-4,7H,1H3. The monoisotopic (exact) mass is 92.1 g/mol. The van der Waals surface area contributed by atoms with Crippen LogP contribution in [0.2, 0.25) is 0 Å². The maximum atomic E-state index is 2.96. The molecule has 7 heavy (non-hydrogen) atoms. The Bertz CT molecular complexity index is 115. The van der Waals surface area contributed by atoms with E-state index in [-0.39, 0.29) is 0 Å². The molecule has 0 saturated carbocycles. The minimum atomic E-state index is 1.27. The molecule has 35 valence electrons. The van der Waals surface area contributed by atoms with Crippen molar-refractivity contribution in [3.05, 3.63) is 23.8 Å². The Kier molecular flexibility index (Phi) is 1.20. The van der Waals surface area contributed by atoms with Crippen LogP contribution in [-0.2, 0) is 0 Å². The predicted octanol–water partition coefficient (Wildman–Crippen LogP) is 0.626. The molecule has 0 spiro atoms. The third-order valence-corrected chi connectivity index (χ3v) is 0.863. The lowest BCUT2D eigenvalue weighted by atomic mass is 9.70. The van der Waals surface area contributed by atoms with Gasteiger partial charge in [0.1, 0.15) is 0 Å². The van der Waals surface area contributed by atoms with Gasteiger partial charge in [-0.1, -0.05) is 12.4 Å². The van der Waals surface area contributed by atoms with Gasteiger partial charge in [-0.2, -0.15) is 0 Å². The average molecular weight is 91.9 g/mol. The summed E-state index contributed by atoms with van der Waals surface area (Å²) in [6, 6.07) is 0. The highest BCUT2D eigenvalue weighted by Crippen LogP contribution is 1.90. The molecule has 1 radical (unpaired) electrons. The van der Waals surface area contributed by atoms with Gasteiger partial charge in [-0.25, -0.2) is 0 Å². The van der Waals surface area contributed by atoms with E-state index in [2.05, 4.69) is 19.5 Å². The van der Waals surface area contributed by atoms with Gasteiger partial charge in [-0.3, -0.25) is 0 Å². The van der Waals surface area contributed by atoms with Crippen molar-refractivity contribution in [2.75, 3.05) is 0 Å². The van der Waals surface area contributed by atoms with Crippen molar-refractivity contribution in [2.45, 2.75) is 6.92 Å². The first kappa shape index (κ1) is 4.50. The highest BCUT2D eigenvalue weighted by Gasteiger charge is 1.89. The second-order valence-corrected chi connectivity index (χ2v) is 1.58. The summed E-state index contributed by atoms with van der Waals surface area (Å²) in [6.07, 6.45) is 3.85. The molecule has 1 rings (SSSR count). The molecule has 2 heteroatoms. The molecule has 0 unspecified atom stereocenters. The SMILES string of the molecule is CC1=CNC=C[B]1. The zero-order valence-electron chi connectivity index (χ0n) is 4.31. The zero-order valence-corrected chi connectivity index (χ0v) is 4.31. The van der Waals surface area contributed by atoms with Gasteiger partial charge in [0.05, 0.1) is 0 Å². The third-order valence-electron chi connectivity index (χ3n) is 0.863. The largest absolute Gasteiger partial charge is 0.370 e. The summed E-state index contributed by atoms with van der Waals surface area (Å²) in [6.45, 7) is 2.05. The lowest BCUT2D eigenvalue weighted by Crippen LogP contribution is -2.04. The van der Waals surface area contributed by atoms with Crippen LogP contribution in [0.1, 0.15) is 6.92 Å². The van der Waals surface area contributed by atoms with E-state index in [0.717, 1.165) is 0 Å². The van der Waals surface area contributed by atoms with Crippen LogP contribution >= 0.6 is 0 Å². The number of hydrogen-bond donors (Lipinski definition) is 1. The van der Waals surface area contributed by atoms with Gasteiger partial charge in [0.25, 0.3) is 0 Å². The van der Waals surface area contributed by atoms with Crippen LogP contribution in [0.4, 0.5) is 0 Å². The fourth-order valence-corrected chi connectivity index (χ4v) is 0.483. The quantitative estimate of drug-likeness (QED) is 0.432. The second kappa shape index (κ2) is 1.87. The fraction of sp³-hybridized carbons (Fsp3) is 0.200. The first-order valence-electron chi connectivity index (χ1n) is 2.32. The number of nitrogens with one attached hydrogen (secondary N) is 1. The fourth-order valence-electron chi connectivity index (χ4n) is 0.483. The van der Waals surface area contributed by atoms with E-state index in [1.54, 1.807) is 0 Å². The molecule has 1 N–H and O–H groups in total. The van der Waals surface area contributed by atoms with E-state index >= 15 is 0 Å². The molecule has 1 aliphatic rings. The number of rotatable bonds is 0. The summed E-state index contributed by atoms with van der Waals surface area (Å²) in [7, 11) is 2.05. The lowest BCUT2D eigenvalue weighted by molar-refractivity contribution is 1.17. The highest BCUT2D eigenvalue weighted by atomic mass is 14.8. The van der Waals surface area contributed by atoms with Crippen molar-refractivity contribution in [3.8, 4) is 0 Å². The van der Waals surface area contributed by atoms with E-state index in [1.165, 1.54) is 5.47 Å². The summed E-state index contributed by atoms with van der Waals surface area (Å²) in [4.78, 5) is 0. The molecule has 0 fully saturated rings. The topological polar surface area (TPSA) is 12.0 Å². The van der Waals surface area contributed by atoms with Gasteiger partial charge in [0, 0.05) is 0 Å². The van der Waals surface area contributed by atoms with Crippen molar-refractivity contribution in [3.63, 3.8) is 0 Å². The Morgan fingerprint density at radius 3 is 2.86 bits per heavy atom. The van der Waals surface area contributed by atoms with Crippen molar-refractivity contribution < 1.29 is 0 Å². The normalized spacial score (nSPS) is 17.0. The van der Waals surface area contributed by atoms with Crippen molar-refractivity contribution >= 4 is 7.28 Å². The molecule has 0 amide bonds. The molecule has 0 aromatic carbocycles. The van der Waals surface area contributed by atoms with Crippen LogP contribution in [0.15, 0.2) is 23.8 Å². The first-order chi connectivity index (χ1) is 3.39. The molecule has 0 atom stereocenters. The molecule has 0 aromatic heterocycles. The van der Waals surface area contributed by atoms with E-state index < -0.39 is 0 Å². The van der Waals surface area contributed by atoms with Crippen LogP contribution in [0.25, 0.3) is 0 Å². The van der Waals surface area contributed by atoms with Gasteiger partial charge in [-0.05, 0) is 12.4 Å². The first-order valence-corrected chi connectivity index (χ1v) is 2.32. The summed E-state index contributed by atoms with van der Waals surface area (Å²) in [5, 5.41) is 2.96. The van der Waals surface area contributed by atoms with Crippen LogP contribution in [-0.4, -0.2) is 7.28 Å². The van der Waals surface area contributed by atoms with Crippen molar-refractivity contribution in [2.24, 2.45) is 0 Å². The molecule has 1 nitrogen and oxygen atoms in total. The maximum absolute atomic E-state index is 2.96. The van der Waals surface area contributed by atoms with Crippen LogP contribution < -0.4 is 5.32 Å². The highest BCUT2D eigenvalue weighted by molar-refractivity contribution is 6.51. The predicted molar refractivity (Wildman–Crippen MR) is 31.8 cm³/mol. The third kappa shape index (κ3) is 1.11. The minimum absolute atomic E-state index is 1.27. The summed E-state index contributed by atoms with van der Waals surface area (Å²) >= 11 is 0. The Morgan fingerprint density at radius 1 is 1.71 bits per heavy atom. The van der Waals surface area contributed by atoms with Gasteiger partial charge < -0.3 is 5.32 Å². The smallest absolute Gasteiger partial charge is 0.179 e. The molecular weight excluding hydrogens is 84.9 g/mol.